The van der Waals surface area contributed by atoms with Crippen molar-refractivity contribution in [2.24, 2.45) is 0 Å². The molecule has 0 saturated heterocycles. The highest BCUT2D eigenvalue weighted by Crippen LogP contribution is 2.20. The number of nitrogens with zero attached hydrogens (tertiary/aromatic N) is 2. The molecule has 0 bridgehead atoms. The van der Waals surface area contributed by atoms with Gasteiger partial charge in [0.2, 0.25) is 11.8 Å². The first kappa shape index (κ1) is 12.8. The maximum atomic E-state index is 5.63. The summed E-state index contributed by atoms with van der Waals surface area (Å²) in [5, 5.41) is 11.4. The van der Waals surface area contributed by atoms with Crippen LogP contribution < -0.4 is 5.32 Å². The predicted molar refractivity (Wildman–Crippen MR) is 71.2 cm³/mol. The Morgan fingerprint density at radius 1 is 1.17 bits per heavy atom. The molecule has 0 atom stereocenters. The summed E-state index contributed by atoms with van der Waals surface area (Å²) in [6.45, 7) is 8.94. The Kier molecular flexibility index (Phi) is 3.77. The van der Waals surface area contributed by atoms with Crippen molar-refractivity contribution in [2.45, 2.75) is 40.3 Å². The van der Waals surface area contributed by atoms with E-state index in [2.05, 4.69) is 55.3 Å². The van der Waals surface area contributed by atoms with E-state index < -0.39 is 0 Å². The molecular formula is C14H19N3O. The minimum Gasteiger partial charge on any atom is -0.419 e. The summed E-state index contributed by atoms with van der Waals surface area (Å²) < 4.78 is 5.63. The van der Waals surface area contributed by atoms with Gasteiger partial charge in [-0.15, -0.1) is 10.2 Å². The largest absolute Gasteiger partial charge is 0.419 e. The van der Waals surface area contributed by atoms with Gasteiger partial charge in [0.25, 0.3) is 0 Å². The van der Waals surface area contributed by atoms with E-state index in [9.17, 15) is 0 Å². The Balaban J connectivity index is 2.16. The van der Waals surface area contributed by atoms with E-state index in [-0.39, 0.29) is 0 Å². The lowest BCUT2D eigenvalue weighted by Gasteiger charge is -2.03. The van der Waals surface area contributed by atoms with E-state index in [0.717, 1.165) is 5.56 Å². The van der Waals surface area contributed by atoms with Crippen molar-refractivity contribution in [3.63, 3.8) is 0 Å². The van der Waals surface area contributed by atoms with E-state index in [1.54, 1.807) is 0 Å². The lowest BCUT2D eigenvalue weighted by Crippen LogP contribution is -2.21. The van der Waals surface area contributed by atoms with Crippen LogP contribution in [0.3, 0.4) is 0 Å². The van der Waals surface area contributed by atoms with Crippen molar-refractivity contribution in [1.82, 2.24) is 15.5 Å². The normalized spacial score (nSPS) is 11.2. The molecule has 2 aromatic rings. The van der Waals surface area contributed by atoms with Crippen LogP contribution in [0.5, 0.6) is 0 Å². The zero-order valence-electron chi connectivity index (χ0n) is 11.3. The quantitative estimate of drug-likeness (QED) is 0.900. The maximum Gasteiger partial charge on any atom is 0.247 e. The third-order valence-electron chi connectivity index (χ3n) is 2.88. The van der Waals surface area contributed by atoms with Gasteiger partial charge in [0, 0.05) is 11.6 Å². The van der Waals surface area contributed by atoms with Gasteiger partial charge in [-0.25, -0.2) is 0 Å². The molecule has 4 heteroatoms. The van der Waals surface area contributed by atoms with Gasteiger partial charge in [-0.3, -0.25) is 0 Å². The Morgan fingerprint density at radius 2 is 1.94 bits per heavy atom. The van der Waals surface area contributed by atoms with Gasteiger partial charge in [0.05, 0.1) is 6.54 Å². The number of benzene rings is 1. The van der Waals surface area contributed by atoms with Gasteiger partial charge in [-0.05, 0) is 37.1 Å². The van der Waals surface area contributed by atoms with Crippen LogP contribution in [-0.2, 0) is 6.54 Å². The van der Waals surface area contributed by atoms with Gasteiger partial charge < -0.3 is 9.73 Å². The van der Waals surface area contributed by atoms with Crippen molar-refractivity contribution < 1.29 is 4.42 Å². The number of aryl methyl sites for hydroxylation is 2. The maximum absolute atomic E-state index is 5.63. The van der Waals surface area contributed by atoms with Crippen molar-refractivity contribution in [2.75, 3.05) is 0 Å². The highest BCUT2D eigenvalue weighted by Gasteiger charge is 2.09. The van der Waals surface area contributed by atoms with Gasteiger partial charge in [-0.2, -0.15) is 0 Å². The second-order valence-corrected chi connectivity index (χ2v) is 4.84. The standard InChI is InChI=1S/C14H19N3O/c1-9(2)15-8-13-16-17-14(18-13)12-6-5-10(3)11(4)7-12/h5-7,9,15H,8H2,1-4H3. The molecule has 2 rings (SSSR count). The zero-order chi connectivity index (χ0) is 13.1. The Labute approximate surface area is 107 Å². The first-order chi connectivity index (χ1) is 8.56. The van der Waals surface area contributed by atoms with Crippen LogP contribution in [0.2, 0.25) is 0 Å². The van der Waals surface area contributed by atoms with E-state index in [0.29, 0.717) is 24.4 Å². The molecule has 1 aromatic carbocycles. The van der Waals surface area contributed by atoms with E-state index in [1.165, 1.54) is 11.1 Å². The minimum atomic E-state index is 0.405. The molecule has 0 amide bonds. The monoisotopic (exact) mass is 245 g/mol. The fourth-order valence-corrected chi connectivity index (χ4v) is 1.61. The molecule has 4 nitrogen and oxygen atoms in total. The van der Waals surface area contributed by atoms with E-state index >= 15 is 0 Å². The summed E-state index contributed by atoms with van der Waals surface area (Å²) in [5.41, 5.74) is 3.47. The molecule has 0 saturated carbocycles. The molecule has 1 heterocycles. The summed E-state index contributed by atoms with van der Waals surface area (Å²) in [4.78, 5) is 0. The molecule has 0 aliphatic rings. The van der Waals surface area contributed by atoms with E-state index in [4.69, 9.17) is 4.42 Å². The smallest absolute Gasteiger partial charge is 0.247 e. The Bertz CT molecular complexity index is 532. The fourth-order valence-electron chi connectivity index (χ4n) is 1.61. The summed E-state index contributed by atoms with van der Waals surface area (Å²) in [7, 11) is 0. The summed E-state index contributed by atoms with van der Waals surface area (Å²) >= 11 is 0. The van der Waals surface area contributed by atoms with Crippen LogP contribution in [-0.4, -0.2) is 16.2 Å². The zero-order valence-corrected chi connectivity index (χ0v) is 11.3. The second-order valence-electron chi connectivity index (χ2n) is 4.84. The highest BCUT2D eigenvalue weighted by molar-refractivity contribution is 5.55. The number of hydrogen-bond acceptors (Lipinski definition) is 4. The number of hydrogen-bond donors (Lipinski definition) is 1. The molecule has 1 N–H and O–H groups in total. The number of nitrogens with one attached hydrogen (secondary N) is 1. The molecule has 1 aromatic heterocycles. The molecule has 18 heavy (non-hydrogen) atoms. The van der Waals surface area contributed by atoms with Gasteiger partial charge in [0.15, 0.2) is 0 Å². The fraction of sp³-hybridized carbons (Fsp3) is 0.429. The van der Waals surface area contributed by atoms with Crippen molar-refractivity contribution >= 4 is 0 Å². The molecule has 0 radical (unpaired) electrons. The van der Waals surface area contributed by atoms with Crippen molar-refractivity contribution in [3.8, 4) is 11.5 Å². The van der Waals surface area contributed by atoms with Gasteiger partial charge >= 0.3 is 0 Å². The Morgan fingerprint density at radius 3 is 2.61 bits per heavy atom. The minimum absolute atomic E-state index is 0.405. The molecule has 0 fully saturated rings. The highest BCUT2D eigenvalue weighted by atomic mass is 16.4. The lowest BCUT2D eigenvalue weighted by atomic mass is 10.1. The first-order valence-corrected chi connectivity index (χ1v) is 6.19. The summed E-state index contributed by atoms with van der Waals surface area (Å²) in [6.07, 6.45) is 0. The molecule has 96 valence electrons. The van der Waals surface area contributed by atoms with Crippen LogP contribution >= 0.6 is 0 Å². The topological polar surface area (TPSA) is 51.0 Å². The second kappa shape index (κ2) is 5.31. The first-order valence-electron chi connectivity index (χ1n) is 6.19. The lowest BCUT2D eigenvalue weighted by molar-refractivity contribution is 0.459. The third kappa shape index (κ3) is 2.96. The molecule has 0 aliphatic carbocycles. The van der Waals surface area contributed by atoms with Crippen LogP contribution in [0.25, 0.3) is 11.5 Å². The molecule has 0 unspecified atom stereocenters. The van der Waals surface area contributed by atoms with Crippen LogP contribution in [0.4, 0.5) is 0 Å². The van der Waals surface area contributed by atoms with E-state index in [1.807, 2.05) is 6.07 Å². The van der Waals surface area contributed by atoms with Gasteiger partial charge in [0.1, 0.15) is 0 Å². The van der Waals surface area contributed by atoms with Crippen LogP contribution in [0.15, 0.2) is 22.6 Å². The summed E-state index contributed by atoms with van der Waals surface area (Å²) in [6, 6.07) is 6.56. The number of aromatic nitrogens is 2. The summed E-state index contributed by atoms with van der Waals surface area (Å²) in [5.74, 6) is 1.20. The SMILES string of the molecule is Cc1ccc(-c2nnc(CNC(C)C)o2)cc1C. The van der Waals surface area contributed by atoms with Crippen LogP contribution in [0, 0.1) is 13.8 Å². The number of rotatable bonds is 4. The molecule has 0 spiro atoms. The van der Waals surface area contributed by atoms with Crippen molar-refractivity contribution in [3.05, 3.63) is 35.2 Å². The van der Waals surface area contributed by atoms with Crippen molar-refractivity contribution in [1.29, 1.82) is 0 Å². The average molecular weight is 245 g/mol. The molecular weight excluding hydrogens is 226 g/mol. The predicted octanol–water partition coefficient (Wildman–Crippen LogP) is 2.85. The average Bonchev–Trinajstić information content (AvgIpc) is 2.79. The van der Waals surface area contributed by atoms with Gasteiger partial charge in [-0.1, -0.05) is 19.9 Å². The molecule has 0 aliphatic heterocycles. The third-order valence-corrected chi connectivity index (χ3v) is 2.88. The van der Waals surface area contributed by atoms with Crippen LogP contribution in [0.1, 0.15) is 30.9 Å². The Hall–Kier alpha value is -1.68.